The zero-order chi connectivity index (χ0) is 19.0. The summed E-state index contributed by atoms with van der Waals surface area (Å²) in [6.45, 7) is 9.97. The Kier molecular flexibility index (Phi) is 12.1. The third-order valence-corrected chi connectivity index (χ3v) is 4.71. The summed E-state index contributed by atoms with van der Waals surface area (Å²) in [5.41, 5.74) is 9.88. The number of nitrogens with zero attached hydrogens (tertiary/aromatic N) is 2. The van der Waals surface area contributed by atoms with Gasteiger partial charge in [0.1, 0.15) is 0 Å². The molecule has 2 aliphatic rings. The summed E-state index contributed by atoms with van der Waals surface area (Å²) in [7, 11) is 7.00. The first kappa shape index (κ1) is 25.1. The number of benzene rings is 1. The Labute approximate surface area is 176 Å². The van der Waals surface area contributed by atoms with Crippen LogP contribution in [0.25, 0.3) is 10.6 Å². The van der Waals surface area contributed by atoms with E-state index in [1.165, 1.54) is 51.9 Å². The third-order valence-electron chi connectivity index (χ3n) is 4.71. The number of allylic oxidation sites excluding steroid dienone is 4. The second kappa shape index (κ2) is 12.5. The maximum absolute atomic E-state index is 3.66. The minimum atomic E-state index is 0. The monoisotopic (exact) mass is 388 g/mol. The molecule has 3 nitrogen and oxygen atoms in total. The van der Waals surface area contributed by atoms with E-state index in [1.54, 1.807) is 28.2 Å². The first-order chi connectivity index (χ1) is 11.9. The van der Waals surface area contributed by atoms with E-state index in [0.717, 1.165) is 6.54 Å². The number of nitrogens with one attached hydrogen (secondary N) is 1. The van der Waals surface area contributed by atoms with Crippen LogP contribution in [0, 0.1) is 13.0 Å². The van der Waals surface area contributed by atoms with Crippen molar-refractivity contribution < 1.29 is 21.7 Å². The van der Waals surface area contributed by atoms with Crippen LogP contribution in [0.5, 0.6) is 0 Å². The molecule has 1 unspecified atom stereocenters. The number of hydrogen-bond donors (Lipinski definition) is 1. The van der Waals surface area contributed by atoms with Gasteiger partial charge in [0.25, 0.3) is 0 Å². The Morgan fingerprint density at radius 2 is 1.58 bits per heavy atom. The second-order valence-electron chi connectivity index (χ2n) is 6.77. The fraction of sp³-hybridized carbons (Fsp3) is 0.545. The topological polar surface area (TPSA) is 40.2 Å². The molecule has 1 atom stereocenters. The molecule has 1 aromatic rings. The smallest absolute Gasteiger partial charge is 0.668 e. The molecular formula is C22H34N3Ti. The Morgan fingerprint density at radius 3 is 2.08 bits per heavy atom. The third kappa shape index (κ3) is 6.09. The summed E-state index contributed by atoms with van der Waals surface area (Å²) in [5, 5.41) is 10.6. The van der Waals surface area contributed by atoms with Gasteiger partial charge in [0.05, 0.1) is 0 Å². The van der Waals surface area contributed by atoms with E-state index >= 15 is 0 Å². The maximum atomic E-state index is 3.66. The van der Waals surface area contributed by atoms with Crippen molar-refractivity contribution in [2.45, 2.75) is 46.5 Å². The van der Waals surface area contributed by atoms with Gasteiger partial charge in [0, 0.05) is 12.2 Å². The van der Waals surface area contributed by atoms with E-state index in [1.807, 2.05) is 0 Å². The van der Waals surface area contributed by atoms with Gasteiger partial charge in [-0.15, -0.1) is 6.92 Å². The first-order valence-corrected chi connectivity index (χ1v) is 9.02. The molecule has 26 heavy (non-hydrogen) atoms. The zero-order valence-corrected chi connectivity index (χ0v) is 19.3. The first-order valence-electron chi connectivity index (χ1n) is 9.02. The van der Waals surface area contributed by atoms with Crippen molar-refractivity contribution in [2.75, 3.05) is 40.1 Å². The van der Waals surface area contributed by atoms with Gasteiger partial charge in [-0.2, -0.15) is 39.3 Å². The Bertz CT molecular complexity index is 631. The van der Waals surface area contributed by atoms with Crippen molar-refractivity contribution in [1.82, 2.24) is 0 Å². The van der Waals surface area contributed by atoms with Gasteiger partial charge in [-0.25, -0.2) is 5.57 Å². The van der Waals surface area contributed by atoms with Gasteiger partial charge in [0.15, 0.2) is 0 Å². The SMILES string of the molecule is CC1=[C-]C(c2c(C)ccc3c2NCCC3)C(C)=C1C.C[N-]C.C[N-]C.[Ti+3]. The predicted molar refractivity (Wildman–Crippen MR) is 112 cm³/mol. The van der Waals surface area contributed by atoms with E-state index < -0.39 is 0 Å². The molecule has 0 fully saturated rings. The van der Waals surface area contributed by atoms with Crippen molar-refractivity contribution in [3.05, 3.63) is 62.3 Å². The predicted octanol–water partition coefficient (Wildman–Crippen LogP) is 5.77. The minimum absolute atomic E-state index is 0. The van der Waals surface area contributed by atoms with E-state index in [4.69, 9.17) is 0 Å². The number of fused-ring (bicyclic) bond motifs is 1. The van der Waals surface area contributed by atoms with Crippen LogP contribution in [0.15, 0.2) is 28.9 Å². The fourth-order valence-corrected chi connectivity index (χ4v) is 3.28. The van der Waals surface area contributed by atoms with Gasteiger partial charge in [-0.3, -0.25) is 6.08 Å². The van der Waals surface area contributed by atoms with Crippen LogP contribution in [-0.2, 0) is 28.1 Å². The van der Waals surface area contributed by atoms with Gasteiger partial charge in [-0.05, 0) is 36.5 Å². The van der Waals surface area contributed by atoms with Gasteiger partial charge < -0.3 is 16.0 Å². The van der Waals surface area contributed by atoms with E-state index in [0.29, 0.717) is 5.92 Å². The van der Waals surface area contributed by atoms with Crippen molar-refractivity contribution in [2.24, 2.45) is 0 Å². The van der Waals surface area contributed by atoms with Crippen LogP contribution in [0.4, 0.5) is 5.69 Å². The van der Waals surface area contributed by atoms with Crippen molar-refractivity contribution in [3.63, 3.8) is 0 Å². The normalized spacial score (nSPS) is 17.5. The summed E-state index contributed by atoms with van der Waals surface area (Å²) in [4.78, 5) is 0. The molecule has 1 aliphatic heterocycles. The molecule has 0 aromatic heterocycles. The molecule has 1 aliphatic carbocycles. The molecule has 1 heterocycles. The fourth-order valence-electron chi connectivity index (χ4n) is 3.28. The van der Waals surface area contributed by atoms with Crippen molar-refractivity contribution in [1.29, 1.82) is 0 Å². The van der Waals surface area contributed by atoms with Crippen molar-refractivity contribution >= 4 is 5.69 Å². The van der Waals surface area contributed by atoms with Crippen LogP contribution in [-0.4, -0.2) is 34.7 Å². The Hall–Kier alpha value is -0.866. The van der Waals surface area contributed by atoms with Crippen LogP contribution in [0.3, 0.4) is 0 Å². The molecule has 0 bridgehead atoms. The number of hydrogen-bond acceptors (Lipinski definition) is 1. The standard InChI is InChI=1S/C18H22N.2C2H6N.Ti/c1-11-7-8-15-6-5-9-19-18(15)17(11)16-10-12(2)13(3)14(16)4;2*1-3-2;/h7-8,16,19H,5-6,9H2,1-4H3;2*1-2H3;/q3*-1;+3. The average molecular weight is 388 g/mol. The van der Waals surface area contributed by atoms with Crippen LogP contribution >= 0.6 is 0 Å². The minimum Gasteiger partial charge on any atom is -0.668 e. The largest absolute Gasteiger partial charge is 3.00 e. The van der Waals surface area contributed by atoms with Crippen LogP contribution < -0.4 is 5.32 Å². The second-order valence-corrected chi connectivity index (χ2v) is 6.77. The molecule has 4 heteroatoms. The number of anilines is 1. The molecule has 0 amide bonds. The zero-order valence-electron chi connectivity index (χ0n) is 17.7. The Morgan fingerprint density at radius 1 is 1.00 bits per heavy atom. The molecule has 0 saturated carbocycles. The summed E-state index contributed by atoms with van der Waals surface area (Å²) in [6, 6.07) is 4.57. The Balaban J connectivity index is 0.000000793. The molecule has 3 rings (SSSR count). The van der Waals surface area contributed by atoms with E-state index in [-0.39, 0.29) is 21.7 Å². The van der Waals surface area contributed by atoms with E-state index in [2.05, 4.69) is 61.9 Å². The summed E-state index contributed by atoms with van der Waals surface area (Å²) in [6.07, 6.45) is 6.11. The number of rotatable bonds is 1. The summed E-state index contributed by atoms with van der Waals surface area (Å²) < 4.78 is 0. The van der Waals surface area contributed by atoms with Crippen molar-refractivity contribution in [3.8, 4) is 0 Å². The molecule has 1 radical (unpaired) electrons. The molecule has 0 saturated heterocycles. The van der Waals surface area contributed by atoms with Crippen LogP contribution in [0.2, 0.25) is 0 Å². The maximum Gasteiger partial charge on any atom is 3.00 e. The quantitative estimate of drug-likeness (QED) is 0.481. The average Bonchev–Trinajstić information content (AvgIpc) is 2.83. The van der Waals surface area contributed by atoms with Gasteiger partial charge in [-0.1, -0.05) is 31.9 Å². The molecule has 1 aromatic carbocycles. The number of aryl methyl sites for hydroxylation is 2. The summed E-state index contributed by atoms with van der Waals surface area (Å²) >= 11 is 0. The molecule has 0 spiro atoms. The molecular weight excluding hydrogens is 354 g/mol. The van der Waals surface area contributed by atoms with Gasteiger partial charge in [0.2, 0.25) is 0 Å². The van der Waals surface area contributed by atoms with Crippen LogP contribution in [0.1, 0.15) is 49.8 Å². The molecule has 1 N–H and O–H groups in total. The summed E-state index contributed by atoms with van der Waals surface area (Å²) in [5.74, 6) is 0.348. The van der Waals surface area contributed by atoms with Gasteiger partial charge >= 0.3 is 21.7 Å². The molecule has 141 valence electrons. The van der Waals surface area contributed by atoms with E-state index in [9.17, 15) is 0 Å².